The van der Waals surface area contributed by atoms with Gasteiger partial charge < -0.3 is 9.80 Å². The summed E-state index contributed by atoms with van der Waals surface area (Å²) in [6.07, 6.45) is 5.74. The zero-order valence-corrected chi connectivity index (χ0v) is 12.1. The molecule has 1 atom stereocenters. The fraction of sp³-hybridized carbons (Fsp3) is 0.615. The topological polar surface area (TPSA) is 58.4 Å². The molecular weight excluding hydrogens is 276 g/mol. The van der Waals surface area contributed by atoms with Gasteiger partial charge in [-0.05, 0) is 18.9 Å². The second-order valence-corrected chi connectivity index (χ2v) is 6.15. The Labute approximate surface area is 122 Å². The van der Waals surface area contributed by atoms with E-state index in [-0.39, 0.29) is 24.4 Å². The van der Waals surface area contributed by atoms with E-state index in [1.807, 2.05) is 21.8 Å². The van der Waals surface area contributed by atoms with Gasteiger partial charge in [-0.25, -0.2) is 0 Å². The van der Waals surface area contributed by atoms with Crippen molar-refractivity contribution in [1.29, 1.82) is 0 Å². The molecule has 7 heteroatoms. The molecule has 0 unspecified atom stereocenters. The van der Waals surface area contributed by atoms with Crippen LogP contribution in [-0.2, 0) is 9.59 Å². The van der Waals surface area contributed by atoms with Crippen molar-refractivity contribution in [3.63, 3.8) is 0 Å². The number of nitrogens with zero attached hydrogens (tertiary/aromatic N) is 4. The number of hydrogen-bond acceptors (Lipinski definition) is 4. The number of carbonyl (C=O) groups is 2. The molecular formula is C13H18N4O2S. The third-order valence-corrected chi connectivity index (χ3v) is 4.75. The zero-order valence-electron chi connectivity index (χ0n) is 11.3. The molecule has 2 aliphatic rings. The molecule has 20 heavy (non-hydrogen) atoms. The number of thioether (sulfide) groups is 1. The molecule has 1 aromatic heterocycles. The molecule has 0 N–H and O–H groups in total. The van der Waals surface area contributed by atoms with E-state index >= 15 is 0 Å². The number of piperidine rings is 1. The molecule has 2 saturated heterocycles. The van der Waals surface area contributed by atoms with E-state index in [4.69, 9.17) is 0 Å². The van der Waals surface area contributed by atoms with Gasteiger partial charge in [0.25, 0.3) is 0 Å². The van der Waals surface area contributed by atoms with Crippen molar-refractivity contribution in [3.05, 3.63) is 18.5 Å². The molecule has 1 aromatic rings. The van der Waals surface area contributed by atoms with Crippen LogP contribution in [0.2, 0.25) is 0 Å². The van der Waals surface area contributed by atoms with Gasteiger partial charge in [-0.3, -0.25) is 14.3 Å². The van der Waals surface area contributed by atoms with Crippen LogP contribution in [0.1, 0.15) is 18.9 Å². The molecule has 0 bridgehead atoms. The third kappa shape index (κ3) is 2.82. The minimum atomic E-state index is 0.0534. The summed E-state index contributed by atoms with van der Waals surface area (Å²) in [6, 6.07) is 2.16. The lowest BCUT2D eigenvalue weighted by atomic mass is 10.1. The summed E-state index contributed by atoms with van der Waals surface area (Å²) in [6.45, 7) is 1.69. The predicted octanol–water partition coefficient (Wildman–Crippen LogP) is 0.579. The Kier molecular flexibility index (Phi) is 3.95. The van der Waals surface area contributed by atoms with Gasteiger partial charge in [-0.15, -0.1) is 11.8 Å². The number of aromatic nitrogens is 2. The van der Waals surface area contributed by atoms with E-state index in [9.17, 15) is 9.59 Å². The van der Waals surface area contributed by atoms with E-state index in [1.165, 1.54) is 0 Å². The van der Waals surface area contributed by atoms with Crippen LogP contribution in [0.15, 0.2) is 18.5 Å². The summed E-state index contributed by atoms with van der Waals surface area (Å²) in [7, 11) is 0. The van der Waals surface area contributed by atoms with Gasteiger partial charge >= 0.3 is 0 Å². The first-order chi connectivity index (χ1) is 9.74. The summed E-state index contributed by atoms with van der Waals surface area (Å²) in [5, 5.41) is 4.26. The lowest BCUT2D eigenvalue weighted by molar-refractivity contribution is -0.139. The maximum absolute atomic E-state index is 12.3. The molecule has 3 rings (SSSR count). The van der Waals surface area contributed by atoms with E-state index in [2.05, 4.69) is 5.10 Å². The Morgan fingerprint density at radius 1 is 1.50 bits per heavy atom. The summed E-state index contributed by atoms with van der Waals surface area (Å²) in [5.41, 5.74) is 0. The average Bonchev–Trinajstić information content (AvgIpc) is 3.12. The molecule has 2 amide bonds. The summed E-state index contributed by atoms with van der Waals surface area (Å²) >= 11 is 1.57. The largest absolute Gasteiger partial charge is 0.339 e. The molecule has 0 radical (unpaired) electrons. The van der Waals surface area contributed by atoms with Crippen molar-refractivity contribution in [1.82, 2.24) is 19.6 Å². The van der Waals surface area contributed by atoms with Gasteiger partial charge in [0, 0.05) is 25.5 Å². The third-order valence-electron chi connectivity index (χ3n) is 3.80. The first-order valence-corrected chi connectivity index (χ1v) is 8.02. The SMILES string of the molecule is O=C1CSCN1CC(=O)N1CCC[C@H](n2cccn2)C1. The Bertz CT molecular complexity index is 491. The van der Waals surface area contributed by atoms with Crippen LogP contribution in [0.5, 0.6) is 0 Å². The average molecular weight is 294 g/mol. The monoisotopic (exact) mass is 294 g/mol. The molecule has 108 valence electrons. The fourth-order valence-corrected chi connectivity index (χ4v) is 3.60. The summed E-state index contributed by atoms with van der Waals surface area (Å²) in [5.74, 6) is 1.27. The molecule has 6 nitrogen and oxygen atoms in total. The fourth-order valence-electron chi connectivity index (χ4n) is 2.70. The van der Waals surface area contributed by atoms with Crippen LogP contribution in [-0.4, -0.2) is 62.7 Å². The smallest absolute Gasteiger partial charge is 0.242 e. The van der Waals surface area contributed by atoms with Crippen molar-refractivity contribution in [2.45, 2.75) is 18.9 Å². The number of amides is 2. The highest BCUT2D eigenvalue weighted by atomic mass is 32.2. The second-order valence-electron chi connectivity index (χ2n) is 5.19. The standard InChI is InChI=1S/C13H18N4O2S/c18-12(8-16-10-20-9-13(16)19)15-5-1-3-11(7-15)17-6-2-4-14-17/h2,4,6,11H,1,3,5,7-10H2/t11-/m0/s1. The van der Waals surface area contributed by atoms with Crippen molar-refractivity contribution < 1.29 is 9.59 Å². The first-order valence-electron chi connectivity index (χ1n) is 6.86. The minimum absolute atomic E-state index is 0.0534. The van der Waals surface area contributed by atoms with Gasteiger partial charge in [0.1, 0.15) is 6.54 Å². The number of likely N-dealkylation sites (tertiary alicyclic amines) is 1. The highest BCUT2D eigenvalue weighted by Crippen LogP contribution is 2.21. The van der Waals surface area contributed by atoms with Gasteiger partial charge in [0.2, 0.25) is 11.8 Å². The van der Waals surface area contributed by atoms with Crippen molar-refractivity contribution in [3.8, 4) is 0 Å². The van der Waals surface area contributed by atoms with E-state index in [0.29, 0.717) is 18.2 Å². The molecule has 0 aliphatic carbocycles. The van der Waals surface area contributed by atoms with Crippen molar-refractivity contribution in [2.75, 3.05) is 31.3 Å². The quantitative estimate of drug-likeness (QED) is 0.818. The van der Waals surface area contributed by atoms with Crippen LogP contribution in [0, 0.1) is 0 Å². The number of carbonyl (C=O) groups excluding carboxylic acids is 2. The highest BCUT2D eigenvalue weighted by molar-refractivity contribution is 8.00. The lowest BCUT2D eigenvalue weighted by Crippen LogP contribution is -2.46. The predicted molar refractivity (Wildman–Crippen MR) is 76.1 cm³/mol. The molecule has 0 saturated carbocycles. The summed E-state index contributed by atoms with van der Waals surface area (Å²) < 4.78 is 1.93. The first kappa shape index (κ1) is 13.5. The Balaban J connectivity index is 1.59. The molecule has 2 fully saturated rings. The van der Waals surface area contributed by atoms with E-state index < -0.39 is 0 Å². The van der Waals surface area contributed by atoms with Crippen LogP contribution in [0.4, 0.5) is 0 Å². The highest BCUT2D eigenvalue weighted by Gasteiger charge is 2.28. The molecule has 3 heterocycles. The maximum atomic E-state index is 12.3. The van der Waals surface area contributed by atoms with Crippen LogP contribution < -0.4 is 0 Å². The van der Waals surface area contributed by atoms with Crippen LogP contribution in [0.25, 0.3) is 0 Å². The van der Waals surface area contributed by atoms with Gasteiger partial charge in [0.15, 0.2) is 0 Å². The van der Waals surface area contributed by atoms with Crippen molar-refractivity contribution in [2.24, 2.45) is 0 Å². The van der Waals surface area contributed by atoms with Gasteiger partial charge in [0.05, 0.1) is 17.7 Å². The molecule has 0 aromatic carbocycles. The van der Waals surface area contributed by atoms with Gasteiger partial charge in [-0.1, -0.05) is 0 Å². The van der Waals surface area contributed by atoms with Crippen LogP contribution in [0.3, 0.4) is 0 Å². The van der Waals surface area contributed by atoms with Gasteiger partial charge in [-0.2, -0.15) is 5.10 Å². The van der Waals surface area contributed by atoms with Crippen molar-refractivity contribution >= 4 is 23.6 Å². The maximum Gasteiger partial charge on any atom is 0.242 e. The van der Waals surface area contributed by atoms with E-state index in [0.717, 1.165) is 19.4 Å². The zero-order chi connectivity index (χ0) is 13.9. The summed E-state index contributed by atoms with van der Waals surface area (Å²) in [4.78, 5) is 27.4. The number of rotatable bonds is 3. The van der Waals surface area contributed by atoms with Crippen LogP contribution >= 0.6 is 11.8 Å². The second kappa shape index (κ2) is 5.87. The normalized spacial score (nSPS) is 23.4. The number of hydrogen-bond donors (Lipinski definition) is 0. The molecule has 0 spiro atoms. The lowest BCUT2D eigenvalue weighted by Gasteiger charge is -2.33. The molecule has 2 aliphatic heterocycles. The Morgan fingerprint density at radius 3 is 3.10 bits per heavy atom. The van der Waals surface area contributed by atoms with E-state index in [1.54, 1.807) is 22.9 Å². The Hall–Kier alpha value is -1.50. The Morgan fingerprint density at radius 2 is 2.40 bits per heavy atom. The minimum Gasteiger partial charge on any atom is -0.339 e.